The number of carbonyl (C=O) groups excluding carboxylic acids is 3. The lowest BCUT2D eigenvalue weighted by Gasteiger charge is -2.29. The summed E-state index contributed by atoms with van der Waals surface area (Å²) in [6.07, 6.45) is 1.06. The maximum absolute atomic E-state index is 12.7. The van der Waals surface area contributed by atoms with Gasteiger partial charge in [-0.2, -0.15) is 0 Å². The van der Waals surface area contributed by atoms with Crippen LogP contribution in [0.4, 0.5) is 4.79 Å². The van der Waals surface area contributed by atoms with Crippen LogP contribution in [0.15, 0.2) is 47.3 Å². The Labute approximate surface area is 179 Å². The van der Waals surface area contributed by atoms with Gasteiger partial charge in [0.25, 0.3) is 0 Å². The Morgan fingerprint density at radius 1 is 1.19 bits per heavy atom. The molecule has 2 rings (SSSR count). The molecule has 1 aliphatic rings. The third-order valence-corrected chi connectivity index (χ3v) is 4.47. The van der Waals surface area contributed by atoms with E-state index in [1.165, 1.54) is 12.0 Å². The Kier molecular flexibility index (Phi) is 8.53. The summed E-state index contributed by atoms with van der Waals surface area (Å²) < 4.78 is 19.6. The van der Waals surface area contributed by atoms with Crippen LogP contribution < -0.4 is 5.73 Å². The molecule has 0 bridgehead atoms. The van der Waals surface area contributed by atoms with Gasteiger partial charge in [-0.05, 0) is 5.56 Å². The number of rotatable bonds is 8. The van der Waals surface area contributed by atoms with E-state index in [1.807, 2.05) is 30.3 Å². The third kappa shape index (κ3) is 6.52. The van der Waals surface area contributed by atoms with Gasteiger partial charge in [0, 0.05) is 13.5 Å². The molecule has 1 fully saturated rings. The number of esters is 2. The maximum atomic E-state index is 12.7. The molecule has 0 aliphatic carbocycles. The molecular weight excluding hydrogens is 410 g/mol. The lowest BCUT2D eigenvalue weighted by molar-refractivity contribution is -0.142. The molecule has 1 amide bonds. The van der Waals surface area contributed by atoms with Crippen LogP contribution in [-0.4, -0.2) is 68.8 Å². The molecule has 1 aliphatic heterocycles. The van der Waals surface area contributed by atoms with Crippen LogP contribution in [0.25, 0.3) is 0 Å². The second kappa shape index (κ2) is 11.1. The van der Waals surface area contributed by atoms with E-state index in [4.69, 9.17) is 20.0 Å². The minimum absolute atomic E-state index is 0.0614. The Balaban J connectivity index is 2.12. The summed E-state index contributed by atoms with van der Waals surface area (Å²) in [4.78, 5) is 42.0. The van der Waals surface area contributed by atoms with E-state index >= 15 is 0 Å². The van der Waals surface area contributed by atoms with Crippen LogP contribution in [0.5, 0.6) is 0 Å². The largest absolute Gasteiger partial charge is 0.466 e. The zero-order valence-electron chi connectivity index (χ0n) is 17.5. The van der Waals surface area contributed by atoms with Crippen LogP contribution in [0.3, 0.4) is 0 Å². The van der Waals surface area contributed by atoms with Crippen LogP contribution in [0, 0.1) is 0 Å². The van der Waals surface area contributed by atoms with Crippen molar-refractivity contribution in [3.05, 3.63) is 47.7 Å². The maximum Gasteiger partial charge on any atom is 0.411 e. The quantitative estimate of drug-likeness (QED) is 0.158. The minimum Gasteiger partial charge on any atom is -0.466 e. The Bertz CT molecular complexity index is 842. The number of nitrogens with zero attached hydrogens (tertiary/aromatic N) is 2. The van der Waals surface area contributed by atoms with Gasteiger partial charge >= 0.3 is 18.0 Å². The zero-order chi connectivity index (χ0) is 22.9. The van der Waals surface area contributed by atoms with Crippen molar-refractivity contribution < 1.29 is 38.2 Å². The number of methoxy groups -OCH3 is 3. The highest BCUT2D eigenvalue weighted by molar-refractivity contribution is 5.94. The van der Waals surface area contributed by atoms with Crippen molar-refractivity contribution in [3.63, 3.8) is 0 Å². The summed E-state index contributed by atoms with van der Waals surface area (Å²) in [6.45, 7) is 0.223. The number of amides is 1. The van der Waals surface area contributed by atoms with E-state index in [9.17, 15) is 14.4 Å². The van der Waals surface area contributed by atoms with Gasteiger partial charge in [0.15, 0.2) is 0 Å². The van der Waals surface area contributed by atoms with Crippen molar-refractivity contribution in [2.24, 2.45) is 10.9 Å². The number of hydrogen-bond acceptors (Lipinski definition) is 10. The van der Waals surface area contributed by atoms with E-state index in [-0.39, 0.29) is 25.7 Å². The molecule has 31 heavy (non-hydrogen) atoms. The van der Waals surface area contributed by atoms with Crippen molar-refractivity contribution in [2.75, 3.05) is 27.9 Å². The van der Waals surface area contributed by atoms with Gasteiger partial charge in [-0.3, -0.25) is 4.90 Å². The number of hydrogen-bond donors (Lipinski definition) is 1. The van der Waals surface area contributed by atoms with E-state index < -0.39 is 29.5 Å². The van der Waals surface area contributed by atoms with Crippen molar-refractivity contribution >= 4 is 24.2 Å². The topological polar surface area (TPSA) is 139 Å². The number of oxime groups is 1. The minimum atomic E-state index is -1.42. The summed E-state index contributed by atoms with van der Waals surface area (Å²) in [5.74, 6) is -2.31. The van der Waals surface area contributed by atoms with Gasteiger partial charge in [-0.1, -0.05) is 35.5 Å². The smallest absolute Gasteiger partial charge is 0.411 e. The summed E-state index contributed by atoms with van der Waals surface area (Å²) >= 11 is 0. The first kappa shape index (κ1) is 23.8. The van der Waals surface area contributed by atoms with Gasteiger partial charge in [-0.25, -0.2) is 14.4 Å². The highest BCUT2D eigenvalue weighted by Gasteiger charge is 2.46. The first-order chi connectivity index (χ1) is 14.8. The lowest BCUT2D eigenvalue weighted by atomic mass is 10.1. The summed E-state index contributed by atoms with van der Waals surface area (Å²) in [6, 6.07) is 9.16. The van der Waals surface area contributed by atoms with Gasteiger partial charge in [-0.15, -0.1) is 0 Å². The standard InChI is InChI=1S/C20H25N3O8/c1-27-15-10-20(21,13-22-31-16(18(25)29-3)9-17(24)28-2)23(11-15)19(26)30-12-14-7-5-4-6-8-14/h4-9,13,15H,10-12,21H2,1-3H3/t15-,20+/m1/s1. The molecular formula is C20H25N3O8. The van der Waals surface area contributed by atoms with E-state index in [1.54, 1.807) is 0 Å². The fourth-order valence-electron chi connectivity index (χ4n) is 2.80. The van der Waals surface area contributed by atoms with Crippen LogP contribution >= 0.6 is 0 Å². The Morgan fingerprint density at radius 2 is 1.90 bits per heavy atom. The normalized spacial score (nSPS) is 21.1. The fraction of sp³-hybridized carbons (Fsp3) is 0.400. The van der Waals surface area contributed by atoms with E-state index in [0.29, 0.717) is 0 Å². The first-order valence-electron chi connectivity index (χ1n) is 9.22. The zero-order valence-corrected chi connectivity index (χ0v) is 17.5. The number of likely N-dealkylation sites (tertiary alicyclic amines) is 1. The number of carbonyl (C=O) groups is 3. The molecule has 1 aromatic carbocycles. The number of nitrogens with two attached hydrogens (primary N) is 1. The molecule has 11 nitrogen and oxygen atoms in total. The molecule has 168 valence electrons. The molecule has 0 radical (unpaired) electrons. The monoisotopic (exact) mass is 435 g/mol. The number of benzene rings is 1. The van der Waals surface area contributed by atoms with Crippen molar-refractivity contribution in [1.29, 1.82) is 0 Å². The second-order valence-corrected chi connectivity index (χ2v) is 6.55. The highest BCUT2D eigenvalue weighted by Crippen LogP contribution is 2.26. The van der Waals surface area contributed by atoms with Gasteiger partial charge in [0.05, 0.1) is 39.2 Å². The van der Waals surface area contributed by atoms with E-state index in [0.717, 1.165) is 32.1 Å². The van der Waals surface area contributed by atoms with Gasteiger partial charge in [0.2, 0.25) is 5.76 Å². The Hall–Kier alpha value is -3.44. The van der Waals surface area contributed by atoms with Crippen LogP contribution in [0.2, 0.25) is 0 Å². The van der Waals surface area contributed by atoms with Crippen LogP contribution in [-0.2, 0) is 40.0 Å². The van der Waals surface area contributed by atoms with Crippen molar-refractivity contribution in [2.45, 2.75) is 24.8 Å². The molecule has 0 unspecified atom stereocenters. The van der Waals surface area contributed by atoms with E-state index in [2.05, 4.69) is 14.6 Å². The first-order valence-corrected chi connectivity index (χ1v) is 9.22. The third-order valence-electron chi connectivity index (χ3n) is 4.47. The SMILES string of the molecule is COC(=O)C=C(ON=C[C@]1(N)C[C@@H](OC)CN1C(=O)OCc1ccccc1)C(=O)OC. The molecule has 0 saturated carbocycles. The highest BCUT2D eigenvalue weighted by atomic mass is 16.7. The molecule has 2 N–H and O–H groups in total. The average Bonchev–Trinajstić information content (AvgIpc) is 3.13. The molecule has 11 heteroatoms. The molecule has 1 heterocycles. The average molecular weight is 435 g/mol. The molecule has 0 spiro atoms. The Morgan fingerprint density at radius 3 is 2.52 bits per heavy atom. The van der Waals surface area contributed by atoms with Crippen molar-refractivity contribution in [1.82, 2.24) is 4.90 Å². The van der Waals surface area contributed by atoms with Gasteiger partial charge in [0.1, 0.15) is 12.3 Å². The van der Waals surface area contributed by atoms with Crippen molar-refractivity contribution in [3.8, 4) is 0 Å². The number of ether oxygens (including phenoxy) is 4. The second-order valence-electron chi connectivity index (χ2n) is 6.55. The fourth-order valence-corrected chi connectivity index (χ4v) is 2.80. The molecule has 0 aromatic heterocycles. The lowest BCUT2D eigenvalue weighted by Crippen LogP contribution is -2.55. The van der Waals surface area contributed by atoms with Gasteiger partial charge < -0.3 is 29.5 Å². The predicted octanol–water partition coefficient (Wildman–Crippen LogP) is 0.931. The summed E-state index contributed by atoms with van der Waals surface area (Å²) in [7, 11) is 3.73. The molecule has 1 aromatic rings. The summed E-state index contributed by atoms with van der Waals surface area (Å²) in [5.41, 5.74) is 5.75. The van der Waals surface area contributed by atoms with Crippen LogP contribution in [0.1, 0.15) is 12.0 Å². The summed E-state index contributed by atoms with van der Waals surface area (Å²) in [5, 5.41) is 3.67. The molecule has 1 saturated heterocycles. The molecule has 2 atom stereocenters. The predicted molar refractivity (Wildman–Crippen MR) is 107 cm³/mol.